The van der Waals surface area contributed by atoms with Crippen molar-refractivity contribution >= 4 is 11.0 Å². The van der Waals surface area contributed by atoms with E-state index in [2.05, 4.69) is 0 Å². The van der Waals surface area contributed by atoms with Crippen molar-refractivity contribution in [2.75, 3.05) is 13.7 Å². The van der Waals surface area contributed by atoms with Crippen LogP contribution in [0.2, 0.25) is 0 Å². The van der Waals surface area contributed by atoms with Gasteiger partial charge in [-0.1, -0.05) is 0 Å². The Morgan fingerprint density at radius 3 is 2.39 bits per heavy atom. The molecule has 1 aliphatic rings. The number of rotatable bonds is 7. The largest absolute Gasteiger partial charge is 0.496 e. The van der Waals surface area contributed by atoms with Gasteiger partial charge < -0.3 is 44.2 Å². The van der Waals surface area contributed by atoms with Crippen molar-refractivity contribution in [3.8, 4) is 5.75 Å². The third-order valence-corrected chi connectivity index (χ3v) is 5.39. The molecule has 2 aromatic rings. The molecule has 10 heteroatoms. The lowest BCUT2D eigenvalue weighted by Crippen LogP contribution is -2.60. The Morgan fingerprint density at radius 2 is 1.77 bits per heavy atom. The van der Waals surface area contributed by atoms with E-state index in [-0.39, 0.29) is 12.0 Å². The van der Waals surface area contributed by atoms with Gasteiger partial charge in [-0.05, 0) is 32.0 Å². The van der Waals surface area contributed by atoms with Gasteiger partial charge in [0.05, 0.1) is 25.4 Å². The highest BCUT2D eigenvalue weighted by Crippen LogP contribution is 2.33. The van der Waals surface area contributed by atoms with Crippen LogP contribution < -0.4 is 10.4 Å². The highest BCUT2D eigenvalue weighted by Gasteiger charge is 2.46. The second kappa shape index (κ2) is 9.21. The zero-order valence-corrected chi connectivity index (χ0v) is 17.5. The molecule has 0 amide bonds. The maximum absolute atomic E-state index is 11.8. The Bertz CT molecular complexity index is 947. The number of aliphatic hydroxyl groups is 5. The normalized spacial score (nSPS) is 27.9. The van der Waals surface area contributed by atoms with Gasteiger partial charge in [0.1, 0.15) is 35.7 Å². The maximum Gasteiger partial charge on any atom is 0.336 e. The predicted molar refractivity (Wildman–Crippen MR) is 108 cm³/mol. The Balaban J connectivity index is 1.97. The van der Waals surface area contributed by atoms with Gasteiger partial charge >= 0.3 is 5.63 Å². The molecule has 0 spiro atoms. The highest BCUT2D eigenvalue weighted by molar-refractivity contribution is 5.82. The zero-order chi connectivity index (χ0) is 22.9. The molecule has 3 rings (SSSR count). The van der Waals surface area contributed by atoms with Crippen LogP contribution in [0.25, 0.3) is 11.0 Å². The molecule has 0 radical (unpaired) electrons. The van der Waals surface area contributed by atoms with E-state index in [0.29, 0.717) is 16.7 Å². The summed E-state index contributed by atoms with van der Waals surface area (Å²) in [6, 6.07) is 6.29. The first-order valence-corrected chi connectivity index (χ1v) is 9.85. The molecule has 0 bridgehead atoms. The predicted octanol–water partition coefficient (Wildman–Crippen LogP) is -0.700. The van der Waals surface area contributed by atoms with Crippen molar-refractivity contribution in [2.45, 2.75) is 62.7 Å². The Morgan fingerprint density at radius 1 is 1.10 bits per heavy atom. The van der Waals surface area contributed by atoms with Crippen LogP contribution in [0.1, 0.15) is 19.4 Å². The van der Waals surface area contributed by atoms with Crippen molar-refractivity contribution in [2.24, 2.45) is 0 Å². The molecule has 1 aromatic carbocycles. The summed E-state index contributed by atoms with van der Waals surface area (Å²) in [4.78, 5) is 11.8. The van der Waals surface area contributed by atoms with Crippen molar-refractivity contribution in [1.29, 1.82) is 0 Å². The first-order chi connectivity index (χ1) is 14.6. The average Bonchev–Trinajstić information content (AvgIpc) is 2.72. The smallest absolute Gasteiger partial charge is 0.336 e. The molecule has 0 aliphatic carbocycles. The quantitative estimate of drug-likeness (QED) is 0.349. The number of methoxy groups -OCH3 is 1. The van der Waals surface area contributed by atoms with E-state index in [1.165, 1.54) is 27.0 Å². The molecule has 0 saturated carbocycles. The molecule has 10 nitrogen and oxygen atoms in total. The fraction of sp³-hybridized carbons (Fsp3) is 0.571. The summed E-state index contributed by atoms with van der Waals surface area (Å²) in [7, 11) is 1.45. The molecular weight excluding hydrogens is 412 g/mol. The number of aliphatic hydroxyl groups excluding tert-OH is 4. The van der Waals surface area contributed by atoms with Crippen LogP contribution in [0.3, 0.4) is 0 Å². The minimum absolute atomic E-state index is 0.00795. The molecule has 172 valence electrons. The van der Waals surface area contributed by atoms with E-state index >= 15 is 0 Å². The van der Waals surface area contributed by atoms with E-state index in [1.54, 1.807) is 18.2 Å². The lowest BCUT2D eigenvalue weighted by molar-refractivity contribution is -0.321. The molecule has 6 atom stereocenters. The van der Waals surface area contributed by atoms with E-state index in [1.807, 2.05) is 0 Å². The first kappa shape index (κ1) is 23.6. The summed E-state index contributed by atoms with van der Waals surface area (Å²) in [5.74, 6) is 0.397. The van der Waals surface area contributed by atoms with Crippen molar-refractivity contribution in [1.82, 2.24) is 0 Å². The van der Waals surface area contributed by atoms with Gasteiger partial charge in [-0.3, -0.25) is 0 Å². The van der Waals surface area contributed by atoms with Crippen LogP contribution in [-0.2, 0) is 15.9 Å². The lowest BCUT2D eigenvalue weighted by Gasteiger charge is -2.42. The molecule has 1 aromatic heterocycles. The van der Waals surface area contributed by atoms with E-state index < -0.39 is 54.6 Å². The average molecular weight is 440 g/mol. The first-order valence-electron chi connectivity index (χ1n) is 9.85. The van der Waals surface area contributed by atoms with Crippen LogP contribution in [0.15, 0.2) is 33.5 Å². The number of hydrogen-bond acceptors (Lipinski definition) is 10. The third-order valence-electron chi connectivity index (χ3n) is 5.39. The number of hydrogen-bond donors (Lipinski definition) is 5. The Kier molecular flexibility index (Phi) is 7.01. The number of fused-ring (bicyclic) bond motifs is 1. The van der Waals surface area contributed by atoms with Gasteiger partial charge in [-0.2, -0.15) is 0 Å². The SMILES string of the molecule is COc1ccc2ccc(=O)oc2c1CC(OC1OC(CO)C(O)C(O)C1O)C(C)(C)O. The van der Waals surface area contributed by atoms with Crippen molar-refractivity contribution in [3.63, 3.8) is 0 Å². The highest BCUT2D eigenvalue weighted by atomic mass is 16.7. The second-order valence-electron chi connectivity index (χ2n) is 8.10. The van der Waals surface area contributed by atoms with E-state index in [0.717, 1.165) is 0 Å². The summed E-state index contributed by atoms with van der Waals surface area (Å²) in [6.07, 6.45) is -8.42. The van der Waals surface area contributed by atoms with E-state index in [9.17, 15) is 30.3 Å². The van der Waals surface area contributed by atoms with Gasteiger partial charge in [0.2, 0.25) is 0 Å². The van der Waals surface area contributed by atoms with Gasteiger partial charge in [0, 0.05) is 23.4 Å². The number of ether oxygens (including phenoxy) is 3. The lowest BCUT2D eigenvalue weighted by atomic mass is 9.93. The van der Waals surface area contributed by atoms with Gasteiger partial charge in [0.25, 0.3) is 0 Å². The van der Waals surface area contributed by atoms with Crippen LogP contribution in [-0.4, -0.2) is 81.7 Å². The minimum atomic E-state index is -1.63. The maximum atomic E-state index is 11.8. The standard InChI is InChI=1S/C21H28O10/c1-21(2,27)14(30-20-18(26)17(25)16(24)13(9-22)29-20)8-11-12(28-3)6-4-10-5-7-15(23)31-19(10)11/h4-7,13-14,16-18,20,22,24-27H,8-9H2,1-3H3. The molecule has 31 heavy (non-hydrogen) atoms. The molecular formula is C21H28O10. The van der Waals surface area contributed by atoms with Gasteiger partial charge in [0.15, 0.2) is 6.29 Å². The van der Waals surface area contributed by atoms with Crippen molar-refractivity contribution < 1.29 is 44.2 Å². The molecule has 1 aliphatic heterocycles. The Labute approximate surface area is 178 Å². The van der Waals surface area contributed by atoms with E-state index in [4.69, 9.17) is 18.6 Å². The van der Waals surface area contributed by atoms with Crippen molar-refractivity contribution in [3.05, 3.63) is 40.2 Å². The minimum Gasteiger partial charge on any atom is -0.496 e. The molecule has 2 heterocycles. The van der Waals surface area contributed by atoms with Crippen LogP contribution in [0, 0.1) is 0 Å². The second-order valence-corrected chi connectivity index (χ2v) is 8.10. The zero-order valence-electron chi connectivity index (χ0n) is 17.5. The summed E-state index contributed by atoms with van der Waals surface area (Å²) in [5.41, 5.74) is -1.31. The summed E-state index contributed by atoms with van der Waals surface area (Å²) in [5, 5.41) is 51.0. The molecule has 1 fully saturated rings. The topological polar surface area (TPSA) is 159 Å². The summed E-state index contributed by atoms with van der Waals surface area (Å²) < 4.78 is 22.0. The van der Waals surface area contributed by atoms with Crippen LogP contribution in [0.5, 0.6) is 5.75 Å². The molecule has 6 unspecified atom stereocenters. The molecule has 1 saturated heterocycles. The fourth-order valence-electron chi connectivity index (χ4n) is 3.55. The third kappa shape index (κ3) is 4.90. The number of benzene rings is 1. The van der Waals surface area contributed by atoms with Crippen LogP contribution >= 0.6 is 0 Å². The summed E-state index contributed by atoms with van der Waals surface area (Å²) >= 11 is 0. The fourth-order valence-corrected chi connectivity index (χ4v) is 3.55. The van der Waals surface area contributed by atoms with Gasteiger partial charge in [-0.25, -0.2) is 4.79 Å². The Hall–Kier alpha value is -2.05. The molecule has 5 N–H and O–H groups in total. The van der Waals surface area contributed by atoms with Gasteiger partial charge in [-0.15, -0.1) is 0 Å². The summed E-state index contributed by atoms with van der Waals surface area (Å²) in [6.45, 7) is 2.35. The van der Waals surface area contributed by atoms with Crippen LogP contribution in [0.4, 0.5) is 0 Å². The monoisotopic (exact) mass is 440 g/mol.